The number of carbonyl (C=O) groups is 1. The van der Waals surface area contributed by atoms with E-state index in [0.717, 1.165) is 38.0 Å². The van der Waals surface area contributed by atoms with Crippen LogP contribution in [0.2, 0.25) is 0 Å². The van der Waals surface area contributed by atoms with Crippen molar-refractivity contribution in [2.24, 2.45) is 0 Å². The summed E-state index contributed by atoms with van der Waals surface area (Å²) in [5.74, 6) is 0.0696. The fourth-order valence-electron chi connectivity index (χ4n) is 2.55. The summed E-state index contributed by atoms with van der Waals surface area (Å²) in [6, 6.07) is 2.18. The monoisotopic (exact) mass is 250 g/mol. The third kappa shape index (κ3) is 2.90. The molecule has 0 saturated carbocycles. The van der Waals surface area contributed by atoms with Crippen molar-refractivity contribution in [1.29, 1.82) is 0 Å². The Hall–Kier alpha value is -1.36. The Morgan fingerprint density at radius 3 is 3.11 bits per heavy atom. The molecule has 100 valence electrons. The lowest BCUT2D eigenvalue weighted by atomic mass is 9.99. The molecule has 2 heterocycles. The van der Waals surface area contributed by atoms with Gasteiger partial charge in [-0.1, -0.05) is 0 Å². The Balaban J connectivity index is 2.06. The molecular weight excluding hydrogens is 228 g/mol. The van der Waals surface area contributed by atoms with E-state index in [2.05, 4.69) is 15.5 Å². The second-order valence-corrected chi connectivity index (χ2v) is 4.98. The van der Waals surface area contributed by atoms with E-state index in [1.807, 2.05) is 24.9 Å². The van der Waals surface area contributed by atoms with Crippen molar-refractivity contribution in [2.75, 3.05) is 20.1 Å². The molecule has 5 nitrogen and oxygen atoms in total. The zero-order valence-electron chi connectivity index (χ0n) is 11.2. The van der Waals surface area contributed by atoms with E-state index >= 15 is 0 Å². The van der Waals surface area contributed by atoms with Crippen LogP contribution in [0.3, 0.4) is 0 Å². The Kier molecular flexibility index (Phi) is 4.36. The van der Waals surface area contributed by atoms with Gasteiger partial charge in [-0.05, 0) is 52.3 Å². The van der Waals surface area contributed by atoms with Gasteiger partial charge in [-0.3, -0.25) is 9.89 Å². The van der Waals surface area contributed by atoms with Gasteiger partial charge in [0.25, 0.3) is 5.91 Å². The standard InChI is InChI=1S/C13H22N4O/c1-10-9-12(16-15-10)13(18)17-8-4-3-5-11(17)6-7-14-2/h9,11,14H,3-8H2,1-2H3,(H,15,16). The molecule has 0 bridgehead atoms. The van der Waals surface area contributed by atoms with Gasteiger partial charge in [0.2, 0.25) is 0 Å². The fraction of sp³-hybridized carbons (Fsp3) is 0.692. The summed E-state index contributed by atoms with van der Waals surface area (Å²) < 4.78 is 0. The highest BCUT2D eigenvalue weighted by atomic mass is 16.2. The fourth-order valence-corrected chi connectivity index (χ4v) is 2.55. The molecule has 1 amide bonds. The van der Waals surface area contributed by atoms with Crippen molar-refractivity contribution in [1.82, 2.24) is 20.4 Å². The van der Waals surface area contributed by atoms with Crippen LogP contribution < -0.4 is 5.32 Å². The number of piperidine rings is 1. The van der Waals surface area contributed by atoms with Crippen molar-refractivity contribution < 1.29 is 4.79 Å². The molecule has 0 radical (unpaired) electrons. The maximum Gasteiger partial charge on any atom is 0.274 e. The normalized spacial score (nSPS) is 20.1. The van der Waals surface area contributed by atoms with Gasteiger partial charge in [-0.2, -0.15) is 5.10 Å². The molecule has 1 saturated heterocycles. The van der Waals surface area contributed by atoms with E-state index in [1.54, 1.807) is 0 Å². The van der Waals surface area contributed by atoms with Crippen LogP contribution in [0.25, 0.3) is 0 Å². The molecule has 5 heteroatoms. The summed E-state index contributed by atoms with van der Waals surface area (Å²) in [6.07, 6.45) is 4.45. The van der Waals surface area contributed by atoms with Crippen molar-refractivity contribution in [3.63, 3.8) is 0 Å². The number of nitrogens with one attached hydrogen (secondary N) is 2. The summed E-state index contributed by atoms with van der Waals surface area (Å²) in [5, 5.41) is 10.1. The Morgan fingerprint density at radius 2 is 2.44 bits per heavy atom. The van der Waals surface area contributed by atoms with E-state index in [1.165, 1.54) is 6.42 Å². The third-order valence-corrected chi connectivity index (χ3v) is 3.54. The second kappa shape index (κ2) is 6.00. The molecule has 1 aliphatic heterocycles. The van der Waals surface area contributed by atoms with Crippen LogP contribution in [0.5, 0.6) is 0 Å². The zero-order valence-corrected chi connectivity index (χ0v) is 11.2. The molecule has 1 unspecified atom stereocenters. The molecule has 18 heavy (non-hydrogen) atoms. The molecule has 0 aromatic carbocycles. The number of amides is 1. The summed E-state index contributed by atoms with van der Waals surface area (Å²) in [7, 11) is 1.95. The van der Waals surface area contributed by atoms with Gasteiger partial charge >= 0.3 is 0 Å². The van der Waals surface area contributed by atoms with Crippen molar-refractivity contribution >= 4 is 5.91 Å². The minimum absolute atomic E-state index is 0.0696. The van der Waals surface area contributed by atoms with Crippen LogP contribution in [-0.4, -0.2) is 47.2 Å². The molecule has 2 rings (SSSR count). The summed E-state index contributed by atoms with van der Waals surface area (Å²) >= 11 is 0. The molecule has 1 aromatic rings. The minimum Gasteiger partial charge on any atom is -0.334 e. The summed E-state index contributed by atoms with van der Waals surface area (Å²) in [5.41, 5.74) is 1.48. The molecule has 0 aliphatic carbocycles. The highest BCUT2D eigenvalue weighted by Gasteiger charge is 2.28. The van der Waals surface area contributed by atoms with E-state index in [0.29, 0.717) is 11.7 Å². The molecule has 1 fully saturated rings. The van der Waals surface area contributed by atoms with Gasteiger partial charge in [0.05, 0.1) is 0 Å². The number of hydrogen-bond donors (Lipinski definition) is 2. The topological polar surface area (TPSA) is 61.0 Å². The van der Waals surface area contributed by atoms with Gasteiger partial charge in [0.1, 0.15) is 5.69 Å². The number of carbonyl (C=O) groups excluding carboxylic acids is 1. The van der Waals surface area contributed by atoms with Gasteiger partial charge in [0.15, 0.2) is 0 Å². The van der Waals surface area contributed by atoms with Crippen LogP contribution in [-0.2, 0) is 0 Å². The highest BCUT2D eigenvalue weighted by Crippen LogP contribution is 2.21. The maximum absolute atomic E-state index is 12.4. The number of nitrogens with zero attached hydrogens (tertiary/aromatic N) is 2. The van der Waals surface area contributed by atoms with E-state index in [4.69, 9.17) is 0 Å². The Labute approximate surface area is 108 Å². The first-order valence-corrected chi connectivity index (χ1v) is 6.70. The van der Waals surface area contributed by atoms with Crippen LogP contribution >= 0.6 is 0 Å². The first-order valence-electron chi connectivity index (χ1n) is 6.70. The number of aromatic amines is 1. The number of aromatic nitrogens is 2. The lowest BCUT2D eigenvalue weighted by Gasteiger charge is -2.35. The predicted octanol–water partition coefficient (Wildman–Crippen LogP) is 1.32. The third-order valence-electron chi connectivity index (χ3n) is 3.54. The predicted molar refractivity (Wildman–Crippen MR) is 70.5 cm³/mol. The van der Waals surface area contributed by atoms with Crippen LogP contribution in [0.15, 0.2) is 6.07 Å². The van der Waals surface area contributed by atoms with E-state index in [9.17, 15) is 4.79 Å². The van der Waals surface area contributed by atoms with Gasteiger partial charge in [-0.15, -0.1) is 0 Å². The average Bonchev–Trinajstić information content (AvgIpc) is 2.82. The SMILES string of the molecule is CNCCC1CCCCN1C(=O)c1cc(C)[nH]n1. The van der Waals surface area contributed by atoms with Crippen LogP contribution in [0.4, 0.5) is 0 Å². The van der Waals surface area contributed by atoms with Crippen LogP contribution in [0, 0.1) is 6.92 Å². The van der Waals surface area contributed by atoms with E-state index < -0.39 is 0 Å². The van der Waals surface area contributed by atoms with Crippen LogP contribution in [0.1, 0.15) is 41.9 Å². The highest BCUT2D eigenvalue weighted by molar-refractivity contribution is 5.92. The first-order chi connectivity index (χ1) is 8.72. The lowest BCUT2D eigenvalue weighted by molar-refractivity contribution is 0.0596. The van der Waals surface area contributed by atoms with E-state index in [-0.39, 0.29) is 5.91 Å². The largest absolute Gasteiger partial charge is 0.334 e. The lowest BCUT2D eigenvalue weighted by Crippen LogP contribution is -2.44. The summed E-state index contributed by atoms with van der Waals surface area (Å²) in [6.45, 7) is 3.73. The quantitative estimate of drug-likeness (QED) is 0.847. The Bertz CT molecular complexity index is 401. The van der Waals surface area contributed by atoms with Gasteiger partial charge in [-0.25, -0.2) is 0 Å². The number of aryl methyl sites for hydroxylation is 1. The molecule has 1 aliphatic rings. The second-order valence-electron chi connectivity index (χ2n) is 4.98. The Morgan fingerprint density at radius 1 is 1.61 bits per heavy atom. The number of H-pyrrole nitrogens is 1. The molecule has 2 N–H and O–H groups in total. The maximum atomic E-state index is 12.4. The van der Waals surface area contributed by atoms with Gasteiger partial charge < -0.3 is 10.2 Å². The number of rotatable bonds is 4. The van der Waals surface area contributed by atoms with Crippen molar-refractivity contribution in [2.45, 2.75) is 38.6 Å². The average molecular weight is 250 g/mol. The molecule has 1 aromatic heterocycles. The first kappa shape index (κ1) is 13.1. The number of hydrogen-bond acceptors (Lipinski definition) is 3. The summed E-state index contributed by atoms with van der Waals surface area (Å²) in [4.78, 5) is 14.4. The minimum atomic E-state index is 0.0696. The number of likely N-dealkylation sites (tertiary alicyclic amines) is 1. The molecule has 1 atom stereocenters. The smallest absolute Gasteiger partial charge is 0.274 e. The van der Waals surface area contributed by atoms with Crippen molar-refractivity contribution in [3.05, 3.63) is 17.5 Å². The zero-order chi connectivity index (χ0) is 13.0. The molecule has 0 spiro atoms. The van der Waals surface area contributed by atoms with Gasteiger partial charge in [0, 0.05) is 18.3 Å². The van der Waals surface area contributed by atoms with Crippen molar-refractivity contribution in [3.8, 4) is 0 Å². The molecular formula is C13H22N4O.